The van der Waals surface area contributed by atoms with Crippen LogP contribution >= 0.6 is 0 Å². The minimum Gasteiger partial charge on any atom is -0.427 e. The van der Waals surface area contributed by atoms with Gasteiger partial charge in [-0.1, -0.05) is 0 Å². The van der Waals surface area contributed by atoms with Crippen molar-refractivity contribution in [1.82, 2.24) is 14.7 Å². The highest BCUT2D eigenvalue weighted by molar-refractivity contribution is 6.02. The molecule has 1 aromatic carbocycles. The van der Waals surface area contributed by atoms with Gasteiger partial charge >= 0.3 is 0 Å². The maximum atomic E-state index is 9.54. The number of nitrogens with zero attached hydrogens (tertiary/aromatic N) is 3. The summed E-state index contributed by atoms with van der Waals surface area (Å²) in [7, 11) is 0. The van der Waals surface area contributed by atoms with Gasteiger partial charge in [-0.2, -0.15) is 4.73 Å². The lowest BCUT2D eigenvalue weighted by Crippen LogP contribution is -1.88. The first-order valence-corrected chi connectivity index (χ1v) is 4.26. The molecule has 3 rings (SSSR count). The molecule has 14 heavy (non-hydrogen) atoms. The molecule has 0 aliphatic carbocycles. The molecule has 0 aliphatic heterocycles. The van der Waals surface area contributed by atoms with Crippen molar-refractivity contribution in [2.75, 3.05) is 0 Å². The van der Waals surface area contributed by atoms with Gasteiger partial charge in [-0.25, -0.2) is 4.98 Å². The number of hydrogen-bond acceptors (Lipinski definition) is 3. The SMILES string of the molecule is On1cnc2ccc3ncccc3c21. The topological polar surface area (TPSA) is 50.9 Å². The standard InChI is InChI=1S/C10H7N3O/c14-13-6-12-9-4-3-8-7(10(9)13)2-1-5-11-8/h1-6,14H. The first-order chi connectivity index (χ1) is 6.86. The summed E-state index contributed by atoms with van der Waals surface area (Å²) in [5.74, 6) is 0. The number of aromatic nitrogens is 3. The monoisotopic (exact) mass is 185 g/mol. The molecule has 2 aromatic heterocycles. The normalized spacial score (nSPS) is 11.1. The Kier molecular flexibility index (Phi) is 1.28. The molecular formula is C10H7N3O. The van der Waals surface area contributed by atoms with Crippen LogP contribution in [0.25, 0.3) is 21.9 Å². The van der Waals surface area contributed by atoms with Crippen LogP contribution in [0.4, 0.5) is 0 Å². The van der Waals surface area contributed by atoms with E-state index in [1.54, 1.807) is 6.20 Å². The molecule has 0 saturated carbocycles. The summed E-state index contributed by atoms with van der Waals surface area (Å²) in [6.07, 6.45) is 3.11. The van der Waals surface area contributed by atoms with Crippen LogP contribution in [0.15, 0.2) is 36.8 Å². The number of benzene rings is 1. The van der Waals surface area contributed by atoms with Gasteiger partial charge in [0.25, 0.3) is 0 Å². The van der Waals surface area contributed by atoms with Crippen LogP contribution < -0.4 is 0 Å². The Morgan fingerprint density at radius 3 is 2.86 bits per heavy atom. The van der Waals surface area contributed by atoms with E-state index in [4.69, 9.17) is 0 Å². The van der Waals surface area contributed by atoms with Gasteiger partial charge in [-0.15, -0.1) is 0 Å². The van der Waals surface area contributed by atoms with Gasteiger partial charge < -0.3 is 5.21 Å². The third-order valence-electron chi connectivity index (χ3n) is 2.27. The zero-order valence-electron chi connectivity index (χ0n) is 7.25. The van der Waals surface area contributed by atoms with Crippen molar-refractivity contribution in [3.05, 3.63) is 36.8 Å². The van der Waals surface area contributed by atoms with Gasteiger partial charge in [0, 0.05) is 11.6 Å². The number of hydrogen-bond donors (Lipinski definition) is 1. The fraction of sp³-hybridized carbons (Fsp3) is 0. The fourth-order valence-corrected chi connectivity index (χ4v) is 1.64. The van der Waals surface area contributed by atoms with Gasteiger partial charge in [0.05, 0.1) is 11.0 Å². The lowest BCUT2D eigenvalue weighted by molar-refractivity contribution is 0.198. The predicted molar refractivity (Wildman–Crippen MR) is 52.2 cm³/mol. The number of fused-ring (bicyclic) bond motifs is 3. The largest absolute Gasteiger partial charge is 0.427 e. The molecule has 0 amide bonds. The smallest absolute Gasteiger partial charge is 0.133 e. The Bertz CT molecular complexity index is 615. The van der Waals surface area contributed by atoms with Gasteiger partial charge in [-0.3, -0.25) is 4.98 Å². The molecule has 0 spiro atoms. The van der Waals surface area contributed by atoms with Crippen molar-refractivity contribution < 1.29 is 5.21 Å². The molecule has 4 nitrogen and oxygen atoms in total. The first kappa shape index (κ1) is 7.32. The summed E-state index contributed by atoms with van der Waals surface area (Å²) in [5, 5.41) is 10.4. The second kappa shape index (κ2) is 2.45. The first-order valence-electron chi connectivity index (χ1n) is 4.26. The molecule has 0 bridgehead atoms. The van der Waals surface area contributed by atoms with E-state index in [0.29, 0.717) is 5.52 Å². The molecule has 1 N–H and O–H groups in total. The molecule has 3 aromatic rings. The zero-order valence-corrected chi connectivity index (χ0v) is 7.25. The van der Waals surface area contributed by atoms with E-state index in [-0.39, 0.29) is 0 Å². The summed E-state index contributed by atoms with van der Waals surface area (Å²) in [5.41, 5.74) is 2.33. The van der Waals surface area contributed by atoms with Crippen molar-refractivity contribution in [2.45, 2.75) is 0 Å². The average Bonchev–Trinajstić information content (AvgIpc) is 2.61. The van der Waals surface area contributed by atoms with Crippen molar-refractivity contribution in [1.29, 1.82) is 0 Å². The molecular weight excluding hydrogens is 178 g/mol. The van der Waals surface area contributed by atoms with E-state index < -0.39 is 0 Å². The molecule has 0 atom stereocenters. The third-order valence-corrected chi connectivity index (χ3v) is 2.27. The van der Waals surface area contributed by atoms with Crippen LogP contribution in [0.5, 0.6) is 0 Å². The van der Waals surface area contributed by atoms with Crippen LogP contribution in [-0.4, -0.2) is 19.9 Å². The highest BCUT2D eigenvalue weighted by Crippen LogP contribution is 2.21. The minimum atomic E-state index is 0.704. The summed E-state index contributed by atoms with van der Waals surface area (Å²) >= 11 is 0. The molecule has 0 unspecified atom stereocenters. The molecule has 0 radical (unpaired) electrons. The molecule has 0 saturated heterocycles. The predicted octanol–water partition coefficient (Wildman–Crippen LogP) is 1.82. The van der Waals surface area contributed by atoms with E-state index in [2.05, 4.69) is 9.97 Å². The van der Waals surface area contributed by atoms with Crippen LogP contribution in [0.3, 0.4) is 0 Å². The Morgan fingerprint density at radius 1 is 1.07 bits per heavy atom. The van der Waals surface area contributed by atoms with E-state index in [9.17, 15) is 5.21 Å². The Morgan fingerprint density at radius 2 is 1.93 bits per heavy atom. The summed E-state index contributed by atoms with van der Waals surface area (Å²) in [6.45, 7) is 0. The van der Waals surface area contributed by atoms with Crippen molar-refractivity contribution in [3.8, 4) is 0 Å². The second-order valence-electron chi connectivity index (χ2n) is 3.09. The summed E-state index contributed by atoms with van der Waals surface area (Å²) in [4.78, 5) is 8.25. The highest BCUT2D eigenvalue weighted by atomic mass is 16.5. The van der Waals surface area contributed by atoms with E-state index in [0.717, 1.165) is 21.2 Å². The summed E-state index contributed by atoms with van der Waals surface area (Å²) in [6, 6.07) is 7.50. The Labute approximate surface area is 79.4 Å². The molecule has 4 heteroatoms. The van der Waals surface area contributed by atoms with Gasteiger partial charge in [0.2, 0.25) is 0 Å². The molecule has 68 valence electrons. The van der Waals surface area contributed by atoms with Crippen LogP contribution in [-0.2, 0) is 0 Å². The maximum Gasteiger partial charge on any atom is 0.133 e. The van der Waals surface area contributed by atoms with Crippen molar-refractivity contribution >= 4 is 21.9 Å². The van der Waals surface area contributed by atoms with E-state index in [1.165, 1.54) is 6.33 Å². The number of imidazole rings is 1. The number of rotatable bonds is 0. The van der Waals surface area contributed by atoms with Gasteiger partial charge in [0.1, 0.15) is 11.8 Å². The van der Waals surface area contributed by atoms with Crippen LogP contribution in [0.2, 0.25) is 0 Å². The Hall–Kier alpha value is -2.10. The highest BCUT2D eigenvalue weighted by Gasteiger charge is 2.05. The van der Waals surface area contributed by atoms with Gasteiger partial charge in [-0.05, 0) is 24.3 Å². The lowest BCUT2D eigenvalue weighted by atomic mass is 10.2. The third kappa shape index (κ3) is 0.821. The van der Waals surface area contributed by atoms with Crippen molar-refractivity contribution in [2.24, 2.45) is 0 Å². The second-order valence-corrected chi connectivity index (χ2v) is 3.09. The minimum absolute atomic E-state index is 0.704. The van der Waals surface area contributed by atoms with E-state index in [1.807, 2.05) is 24.3 Å². The van der Waals surface area contributed by atoms with Crippen molar-refractivity contribution in [3.63, 3.8) is 0 Å². The average molecular weight is 185 g/mol. The molecule has 0 aliphatic rings. The fourth-order valence-electron chi connectivity index (χ4n) is 1.64. The quantitative estimate of drug-likeness (QED) is 0.543. The van der Waals surface area contributed by atoms with Gasteiger partial charge in [0.15, 0.2) is 0 Å². The van der Waals surface area contributed by atoms with Crippen LogP contribution in [0, 0.1) is 0 Å². The Balaban J connectivity index is 2.65. The maximum absolute atomic E-state index is 9.54. The molecule has 2 heterocycles. The van der Waals surface area contributed by atoms with Crippen LogP contribution in [0.1, 0.15) is 0 Å². The summed E-state index contributed by atoms with van der Waals surface area (Å²) < 4.78 is 1.03. The lowest BCUT2D eigenvalue weighted by Gasteiger charge is -1.98. The zero-order chi connectivity index (χ0) is 9.54. The molecule has 0 fully saturated rings. The number of pyridine rings is 1. The van der Waals surface area contributed by atoms with E-state index >= 15 is 0 Å².